The van der Waals surface area contributed by atoms with Gasteiger partial charge >= 0.3 is 13.5 Å². The van der Waals surface area contributed by atoms with Crippen molar-refractivity contribution in [3.05, 3.63) is 97.6 Å². The molecule has 0 bridgehead atoms. The number of para-hydroxylation sites is 6. The molecule has 2 aliphatic rings. The molecule has 0 fully saturated rings. The molecule has 250 valence electrons. The van der Waals surface area contributed by atoms with Gasteiger partial charge in [-0.1, -0.05) is 36.4 Å². The molecule has 12 heteroatoms. The van der Waals surface area contributed by atoms with Crippen LogP contribution in [0.15, 0.2) is 97.6 Å². The topological polar surface area (TPSA) is 73.0 Å². The van der Waals surface area contributed by atoms with Crippen LogP contribution in [-0.2, 0) is 0 Å². The lowest BCUT2D eigenvalue weighted by molar-refractivity contribution is -0.700. The highest BCUT2D eigenvalue weighted by atomic mass is 16.8. The second-order valence-electron chi connectivity index (χ2n) is 13.6. The predicted molar refractivity (Wildman–Crippen MR) is 185 cm³/mol. The number of fused-ring (bicyclic) bond motifs is 2. The molecule has 0 spiro atoms. The molecule has 7 rings (SSSR count). The van der Waals surface area contributed by atoms with Crippen LogP contribution >= 0.6 is 0 Å². The third-order valence-corrected chi connectivity index (χ3v) is 8.93. The zero-order chi connectivity index (χ0) is 33.8. The van der Waals surface area contributed by atoms with Crippen LogP contribution in [-0.4, -0.2) is 22.6 Å². The van der Waals surface area contributed by atoms with Crippen molar-refractivity contribution in [3.63, 3.8) is 0 Å². The second kappa shape index (κ2) is 11.9. The molecular formula is C36H44B2N4O6. The zero-order valence-electron chi connectivity index (χ0n) is 28.9. The molecule has 48 heavy (non-hydrogen) atoms. The van der Waals surface area contributed by atoms with Crippen LogP contribution < -0.4 is 48.5 Å². The van der Waals surface area contributed by atoms with Gasteiger partial charge in [0.05, 0.1) is 24.2 Å². The summed E-state index contributed by atoms with van der Waals surface area (Å²) in [5, 5.41) is 0. The van der Waals surface area contributed by atoms with Gasteiger partial charge in [0.25, 0.3) is 0 Å². The second-order valence-corrected chi connectivity index (χ2v) is 13.6. The lowest BCUT2D eigenvalue weighted by Crippen LogP contribution is -2.75. The fraction of sp³-hybridized carbons (Fsp3) is 0.333. The molecule has 10 nitrogen and oxygen atoms in total. The van der Waals surface area contributed by atoms with Crippen LogP contribution in [0.25, 0.3) is 0 Å². The maximum Gasteiger partial charge on any atom is 0.660 e. The van der Waals surface area contributed by atoms with E-state index >= 15 is 0 Å². The van der Waals surface area contributed by atoms with Gasteiger partial charge in [-0.05, 0) is 91.8 Å². The van der Waals surface area contributed by atoms with E-state index in [0.29, 0.717) is 34.5 Å². The summed E-state index contributed by atoms with van der Waals surface area (Å²) in [6.45, 7) is 11.8. The minimum atomic E-state index is -2.62. The highest BCUT2D eigenvalue weighted by Gasteiger charge is 2.57. The summed E-state index contributed by atoms with van der Waals surface area (Å²) in [7, 11) is 0. The molecule has 4 heterocycles. The molecular weight excluding hydrogens is 606 g/mol. The van der Waals surface area contributed by atoms with E-state index in [2.05, 4.69) is 73.7 Å². The number of imidazole rings is 2. The first-order valence-electron chi connectivity index (χ1n) is 16.9. The summed E-state index contributed by atoms with van der Waals surface area (Å²) in [4.78, 5) is 0. The monoisotopic (exact) mass is 650 g/mol. The number of aromatic nitrogens is 4. The van der Waals surface area contributed by atoms with E-state index in [1.54, 1.807) is 0 Å². The Kier molecular flexibility index (Phi) is 7.84. The van der Waals surface area contributed by atoms with Crippen molar-refractivity contribution in [2.45, 2.75) is 79.6 Å². The molecule has 0 amide bonds. The number of nitrogens with zero attached hydrogens (tertiary/aromatic N) is 4. The normalized spacial score (nSPS) is 15.6. The minimum Gasteiger partial charge on any atom is -0.638 e. The van der Waals surface area contributed by atoms with Crippen LogP contribution in [0.4, 0.5) is 0 Å². The SMILES string of the molecule is CC(C)n1cc[n+](C(C)C)c1[B-]1(Oc2ccccc2O[B-]2(c3n(C(C)C)cc[n+]3C(C)C)Oc3ccccc3O2)Oc2ccccc2O1. The molecule has 3 aromatic carbocycles. The van der Waals surface area contributed by atoms with Gasteiger partial charge in [0.15, 0.2) is 0 Å². The summed E-state index contributed by atoms with van der Waals surface area (Å²) in [6, 6.07) is 23.2. The van der Waals surface area contributed by atoms with E-state index in [1.807, 2.05) is 97.6 Å². The Balaban J connectivity index is 1.38. The molecule has 0 saturated carbocycles. The molecule has 0 N–H and O–H groups in total. The van der Waals surface area contributed by atoms with Crippen LogP contribution in [0, 0.1) is 0 Å². The Morgan fingerprint density at radius 3 is 1.10 bits per heavy atom. The van der Waals surface area contributed by atoms with Crippen LogP contribution in [0.2, 0.25) is 0 Å². The Labute approximate surface area is 282 Å². The first-order chi connectivity index (χ1) is 23.0. The average molecular weight is 650 g/mol. The van der Waals surface area contributed by atoms with E-state index in [9.17, 15) is 0 Å². The Hall–Kier alpha value is -4.99. The Morgan fingerprint density at radius 1 is 0.500 bits per heavy atom. The van der Waals surface area contributed by atoms with Crippen molar-refractivity contribution in [2.75, 3.05) is 0 Å². The largest absolute Gasteiger partial charge is 0.660 e. The van der Waals surface area contributed by atoms with Gasteiger partial charge in [0, 0.05) is 0 Å². The quantitative estimate of drug-likeness (QED) is 0.145. The predicted octanol–water partition coefficient (Wildman–Crippen LogP) is 5.58. The summed E-state index contributed by atoms with van der Waals surface area (Å²) < 4.78 is 49.7. The van der Waals surface area contributed by atoms with Gasteiger partial charge in [0.2, 0.25) is 11.4 Å². The molecule has 0 atom stereocenters. The fourth-order valence-corrected chi connectivity index (χ4v) is 6.73. The minimum absolute atomic E-state index is 0.102. The van der Waals surface area contributed by atoms with Crippen molar-refractivity contribution in [3.8, 4) is 34.5 Å². The number of hydrogen-bond acceptors (Lipinski definition) is 6. The molecule has 0 radical (unpaired) electrons. The van der Waals surface area contributed by atoms with Gasteiger partial charge < -0.3 is 27.9 Å². The first-order valence-corrected chi connectivity index (χ1v) is 16.9. The summed E-state index contributed by atoms with van der Waals surface area (Å²) >= 11 is 0. The van der Waals surface area contributed by atoms with Crippen molar-refractivity contribution >= 4 is 25.0 Å². The third-order valence-electron chi connectivity index (χ3n) is 8.93. The van der Waals surface area contributed by atoms with Gasteiger partial charge in [0.1, 0.15) is 59.3 Å². The summed E-state index contributed by atoms with van der Waals surface area (Å²) in [6.07, 6.45) is 8.19. The zero-order valence-corrected chi connectivity index (χ0v) is 28.9. The molecule has 0 saturated heterocycles. The van der Waals surface area contributed by atoms with E-state index in [0.717, 1.165) is 11.4 Å². The molecule has 0 aliphatic carbocycles. The van der Waals surface area contributed by atoms with Gasteiger partial charge in [-0.25, -0.2) is 0 Å². The molecule has 0 unspecified atom stereocenters. The first kappa shape index (κ1) is 31.6. The number of rotatable bonds is 10. The van der Waals surface area contributed by atoms with Crippen molar-refractivity contribution in [2.24, 2.45) is 0 Å². The van der Waals surface area contributed by atoms with Gasteiger partial charge in [-0.15, -0.1) is 0 Å². The average Bonchev–Trinajstić information content (AvgIpc) is 3.84. The lowest BCUT2D eigenvalue weighted by Gasteiger charge is -2.38. The van der Waals surface area contributed by atoms with Gasteiger partial charge in [-0.3, -0.25) is 18.3 Å². The number of hydrogen-bond donors (Lipinski definition) is 0. The van der Waals surface area contributed by atoms with Crippen LogP contribution in [0.5, 0.6) is 34.5 Å². The Morgan fingerprint density at radius 2 is 0.812 bits per heavy atom. The summed E-state index contributed by atoms with van der Waals surface area (Å²) in [5.74, 6) is 3.26. The number of benzene rings is 3. The fourth-order valence-electron chi connectivity index (χ4n) is 6.73. The van der Waals surface area contributed by atoms with Crippen LogP contribution in [0.1, 0.15) is 79.6 Å². The Bertz CT molecular complexity index is 1710. The molecule has 5 aromatic rings. The highest BCUT2D eigenvalue weighted by Crippen LogP contribution is 2.42. The van der Waals surface area contributed by atoms with Crippen molar-refractivity contribution in [1.82, 2.24) is 9.13 Å². The lowest BCUT2D eigenvalue weighted by atomic mass is 9.75. The highest BCUT2D eigenvalue weighted by molar-refractivity contribution is 6.77. The smallest absolute Gasteiger partial charge is 0.638 e. The van der Waals surface area contributed by atoms with Crippen LogP contribution in [0.3, 0.4) is 0 Å². The maximum absolute atomic E-state index is 7.04. The van der Waals surface area contributed by atoms with E-state index in [4.69, 9.17) is 27.9 Å². The van der Waals surface area contributed by atoms with E-state index in [1.165, 1.54) is 0 Å². The maximum atomic E-state index is 7.04. The standard InChI is InChI=1S/C36H44B2N4O6/c1-25(2)39-21-22-40(26(3)4)35(39)37(43-29-15-9-10-16-30(29)44-37)47-33-19-13-14-20-34(33)48-38(45-31-17-11-12-18-32(31)46-38)36-41(27(5)6)23-24-42(36)28(7)8/h9-28H,1-8H3. The van der Waals surface area contributed by atoms with Gasteiger partial charge in [-0.2, -0.15) is 0 Å². The molecule has 2 aromatic heterocycles. The summed E-state index contributed by atoms with van der Waals surface area (Å²) in [5.41, 5.74) is 1.52. The molecule has 2 aliphatic heterocycles. The third kappa shape index (κ3) is 5.23. The van der Waals surface area contributed by atoms with E-state index < -0.39 is 13.5 Å². The van der Waals surface area contributed by atoms with Crippen molar-refractivity contribution < 1.29 is 37.1 Å². The van der Waals surface area contributed by atoms with Crippen molar-refractivity contribution in [1.29, 1.82) is 0 Å². The van der Waals surface area contributed by atoms with E-state index in [-0.39, 0.29) is 24.2 Å².